The maximum atomic E-state index is 5.17. The lowest BCUT2D eigenvalue weighted by molar-refractivity contribution is 0.152. The van der Waals surface area contributed by atoms with Gasteiger partial charge in [0.1, 0.15) is 0 Å². The molecule has 0 aromatic heterocycles. The summed E-state index contributed by atoms with van der Waals surface area (Å²) in [7, 11) is 1.80. The van der Waals surface area contributed by atoms with E-state index in [-0.39, 0.29) is 0 Å². The highest BCUT2D eigenvalue weighted by molar-refractivity contribution is 4.75. The predicted molar refractivity (Wildman–Crippen MR) is 55.9 cm³/mol. The van der Waals surface area contributed by atoms with Gasteiger partial charge in [0, 0.05) is 13.7 Å². The number of hydrogen-bond acceptors (Lipinski definition) is 2. The van der Waals surface area contributed by atoms with E-state index in [1.807, 2.05) is 0 Å². The second kappa shape index (κ2) is 5.61. The Morgan fingerprint density at radius 1 is 1.46 bits per heavy atom. The van der Waals surface area contributed by atoms with E-state index in [1.165, 1.54) is 32.5 Å². The van der Waals surface area contributed by atoms with Gasteiger partial charge in [-0.05, 0) is 37.8 Å². The number of hydrogen-bond donors (Lipinski definition) is 0. The highest BCUT2D eigenvalue weighted by Crippen LogP contribution is 2.17. The second-order valence-electron chi connectivity index (χ2n) is 4.59. The van der Waals surface area contributed by atoms with Gasteiger partial charge >= 0.3 is 0 Å². The Bertz CT molecular complexity index is 136. The molecule has 1 aliphatic rings. The summed E-state index contributed by atoms with van der Waals surface area (Å²) in [6, 6.07) is 0. The van der Waals surface area contributed by atoms with Crippen molar-refractivity contribution in [1.82, 2.24) is 4.90 Å². The summed E-state index contributed by atoms with van der Waals surface area (Å²) in [4.78, 5) is 2.57. The Kier molecular flexibility index (Phi) is 4.74. The average molecular weight is 185 g/mol. The van der Waals surface area contributed by atoms with Crippen LogP contribution in [0.25, 0.3) is 0 Å². The third-order valence-electron chi connectivity index (χ3n) is 2.80. The number of methoxy groups -OCH3 is 1. The summed E-state index contributed by atoms with van der Waals surface area (Å²) in [5, 5.41) is 0. The summed E-state index contributed by atoms with van der Waals surface area (Å²) in [6.07, 6.45) is 2.66. The molecule has 1 aliphatic heterocycles. The van der Waals surface area contributed by atoms with Gasteiger partial charge in [-0.2, -0.15) is 0 Å². The first-order valence-corrected chi connectivity index (χ1v) is 5.43. The van der Waals surface area contributed by atoms with E-state index in [0.29, 0.717) is 0 Å². The molecule has 0 spiro atoms. The predicted octanol–water partition coefficient (Wildman–Crippen LogP) is 2.00. The number of nitrogens with zero attached hydrogens (tertiary/aromatic N) is 1. The highest BCUT2D eigenvalue weighted by atomic mass is 16.5. The zero-order valence-corrected chi connectivity index (χ0v) is 9.25. The second-order valence-corrected chi connectivity index (χ2v) is 4.59. The third kappa shape index (κ3) is 4.10. The van der Waals surface area contributed by atoms with Crippen LogP contribution in [0.2, 0.25) is 0 Å². The molecule has 2 nitrogen and oxygen atoms in total. The average Bonchev–Trinajstić information content (AvgIpc) is 2.50. The van der Waals surface area contributed by atoms with Gasteiger partial charge in [-0.25, -0.2) is 0 Å². The van der Waals surface area contributed by atoms with E-state index in [0.717, 1.165) is 18.4 Å². The van der Waals surface area contributed by atoms with Gasteiger partial charge in [0.05, 0.1) is 6.61 Å². The van der Waals surface area contributed by atoms with Crippen LogP contribution < -0.4 is 0 Å². The molecule has 1 heterocycles. The Morgan fingerprint density at radius 3 is 2.85 bits per heavy atom. The molecular weight excluding hydrogens is 162 g/mol. The van der Waals surface area contributed by atoms with Gasteiger partial charge in [0.25, 0.3) is 0 Å². The zero-order valence-electron chi connectivity index (χ0n) is 9.25. The number of ether oxygens (including phenoxy) is 1. The molecule has 0 aliphatic carbocycles. The van der Waals surface area contributed by atoms with Crippen molar-refractivity contribution in [2.24, 2.45) is 11.8 Å². The molecule has 1 fully saturated rings. The topological polar surface area (TPSA) is 12.5 Å². The molecule has 13 heavy (non-hydrogen) atoms. The Labute approximate surface area is 82.3 Å². The molecule has 0 saturated carbocycles. The van der Waals surface area contributed by atoms with Crippen molar-refractivity contribution in [3.8, 4) is 0 Å². The van der Waals surface area contributed by atoms with Crippen LogP contribution in [0.4, 0.5) is 0 Å². The normalized spacial score (nSPS) is 24.5. The minimum atomic E-state index is 0.789. The van der Waals surface area contributed by atoms with E-state index in [1.54, 1.807) is 7.11 Å². The molecular formula is C11H23NO. The third-order valence-corrected chi connectivity index (χ3v) is 2.80. The molecule has 1 atom stereocenters. The first-order chi connectivity index (χ1) is 6.22. The van der Waals surface area contributed by atoms with E-state index in [9.17, 15) is 0 Å². The smallest absolute Gasteiger partial charge is 0.0503 e. The maximum Gasteiger partial charge on any atom is 0.0503 e. The van der Waals surface area contributed by atoms with Crippen LogP contribution in [-0.4, -0.2) is 38.3 Å². The summed E-state index contributed by atoms with van der Waals surface area (Å²) in [5.41, 5.74) is 0. The van der Waals surface area contributed by atoms with Crippen LogP contribution >= 0.6 is 0 Å². The summed E-state index contributed by atoms with van der Waals surface area (Å²) in [5.74, 6) is 1.62. The lowest BCUT2D eigenvalue weighted by Crippen LogP contribution is -2.23. The highest BCUT2D eigenvalue weighted by Gasteiger charge is 2.21. The molecule has 78 valence electrons. The molecule has 0 aromatic rings. The first kappa shape index (κ1) is 11.0. The van der Waals surface area contributed by atoms with Gasteiger partial charge in [-0.15, -0.1) is 0 Å². The largest absolute Gasteiger partial charge is 0.384 e. The Balaban J connectivity index is 2.10. The molecule has 2 heteroatoms. The van der Waals surface area contributed by atoms with Crippen LogP contribution in [0.15, 0.2) is 0 Å². The van der Waals surface area contributed by atoms with Crippen LogP contribution in [-0.2, 0) is 4.74 Å². The minimum absolute atomic E-state index is 0.789. The van der Waals surface area contributed by atoms with Crippen LogP contribution in [0.1, 0.15) is 26.7 Å². The van der Waals surface area contributed by atoms with Crippen molar-refractivity contribution in [2.75, 3.05) is 33.4 Å². The first-order valence-electron chi connectivity index (χ1n) is 5.43. The molecule has 1 rings (SSSR count). The Morgan fingerprint density at radius 2 is 2.23 bits per heavy atom. The van der Waals surface area contributed by atoms with Gasteiger partial charge in [0.15, 0.2) is 0 Å². The van der Waals surface area contributed by atoms with Crippen molar-refractivity contribution >= 4 is 0 Å². The number of likely N-dealkylation sites (tertiary alicyclic amines) is 1. The van der Waals surface area contributed by atoms with E-state index < -0.39 is 0 Å². The number of rotatable bonds is 5. The van der Waals surface area contributed by atoms with Gasteiger partial charge < -0.3 is 9.64 Å². The van der Waals surface area contributed by atoms with E-state index >= 15 is 0 Å². The summed E-state index contributed by atoms with van der Waals surface area (Å²) >= 11 is 0. The SMILES string of the molecule is COC[C@@H]1CCN(CCC(C)C)C1. The molecule has 0 bridgehead atoms. The fraction of sp³-hybridized carbons (Fsp3) is 1.00. The molecule has 0 aromatic carbocycles. The molecule has 1 saturated heterocycles. The fourth-order valence-corrected chi connectivity index (χ4v) is 1.93. The van der Waals surface area contributed by atoms with Crippen LogP contribution in [0.3, 0.4) is 0 Å². The zero-order chi connectivity index (χ0) is 9.68. The summed E-state index contributed by atoms with van der Waals surface area (Å²) in [6.45, 7) is 9.34. The van der Waals surface area contributed by atoms with Crippen molar-refractivity contribution in [3.63, 3.8) is 0 Å². The van der Waals surface area contributed by atoms with Crippen molar-refractivity contribution in [3.05, 3.63) is 0 Å². The van der Waals surface area contributed by atoms with Crippen LogP contribution in [0.5, 0.6) is 0 Å². The van der Waals surface area contributed by atoms with Gasteiger partial charge in [-0.3, -0.25) is 0 Å². The van der Waals surface area contributed by atoms with E-state index in [4.69, 9.17) is 4.74 Å². The molecule has 0 N–H and O–H groups in total. The van der Waals surface area contributed by atoms with Gasteiger partial charge in [-0.1, -0.05) is 13.8 Å². The fourth-order valence-electron chi connectivity index (χ4n) is 1.93. The Hall–Kier alpha value is -0.0800. The van der Waals surface area contributed by atoms with E-state index in [2.05, 4.69) is 18.7 Å². The lowest BCUT2D eigenvalue weighted by atomic mass is 10.1. The molecule has 0 unspecified atom stereocenters. The van der Waals surface area contributed by atoms with Crippen molar-refractivity contribution in [1.29, 1.82) is 0 Å². The van der Waals surface area contributed by atoms with Gasteiger partial charge in [0.2, 0.25) is 0 Å². The maximum absolute atomic E-state index is 5.17. The molecule has 0 amide bonds. The minimum Gasteiger partial charge on any atom is -0.384 e. The lowest BCUT2D eigenvalue weighted by Gasteiger charge is -2.16. The molecule has 0 radical (unpaired) electrons. The van der Waals surface area contributed by atoms with Crippen molar-refractivity contribution < 1.29 is 4.74 Å². The van der Waals surface area contributed by atoms with Crippen molar-refractivity contribution in [2.45, 2.75) is 26.7 Å². The quantitative estimate of drug-likeness (QED) is 0.649. The standard InChI is InChI=1S/C11H23NO/c1-10(2)4-6-12-7-5-11(8-12)9-13-3/h10-11H,4-9H2,1-3H3/t11-/m1/s1. The monoisotopic (exact) mass is 185 g/mol. The van der Waals surface area contributed by atoms with Crippen LogP contribution in [0, 0.1) is 11.8 Å². The summed E-state index contributed by atoms with van der Waals surface area (Å²) < 4.78 is 5.17.